The van der Waals surface area contributed by atoms with Crippen molar-refractivity contribution in [1.82, 2.24) is 10.2 Å². The second-order valence-corrected chi connectivity index (χ2v) is 4.05. The third-order valence-corrected chi connectivity index (χ3v) is 2.63. The SMILES string of the molecule is COc1ccc(Oc2ccc(N)nn2)c(Br)c1. The highest BCUT2D eigenvalue weighted by atomic mass is 79.9. The molecule has 0 spiro atoms. The lowest BCUT2D eigenvalue weighted by Gasteiger charge is -2.07. The van der Waals surface area contributed by atoms with Gasteiger partial charge in [-0.15, -0.1) is 10.2 Å². The fourth-order valence-electron chi connectivity index (χ4n) is 1.19. The predicted molar refractivity (Wildman–Crippen MR) is 67.2 cm³/mol. The van der Waals surface area contributed by atoms with E-state index in [2.05, 4.69) is 26.1 Å². The van der Waals surface area contributed by atoms with Gasteiger partial charge >= 0.3 is 0 Å². The average Bonchev–Trinajstić information content (AvgIpc) is 2.34. The Bertz CT molecular complexity index is 517. The molecule has 0 atom stereocenters. The quantitative estimate of drug-likeness (QED) is 0.942. The molecule has 0 unspecified atom stereocenters. The highest BCUT2D eigenvalue weighted by molar-refractivity contribution is 9.10. The first-order chi connectivity index (χ1) is 8.19. The third-order valence-electron chi connectivity index (χ3n) is 2.01. The van der Waals surface area contributed by atoms with Crippen molar-refractivity contribution in [3.05, 3.63) is 34.8 Å². The maximum Gasteiger partial charge on any atom is 0.239 e. The van der Waals surface area contributed by atoms with Crippen molar-refractivity contribution >= 4 is 21.7 Å². The summed E-state index contributed by atoms with van der Waals surface area (Å²) in [4.78, 5) is 0. The van der Waals surface area contributed by atoms with Gasteiger partial charge in [0, 0.05) is 6.07 Å². The Labute approximate surface area is 107 Å². The van der Waals surface area contributed by atoms with Crippen LogP contribution in [0.3, 0.4) is 0 Å². The van der Waals surface area contributed by atoms with Crippen molar-refractivity contribution in [2.24, 2.45) is 0 Å². The van der Waals surface area contributed by atoms with E-state index in [9.17, 15) is 0 Å². The molecule has 0 aliphatic heterocycles. The molecule has 17 heavy (non-hydrogen) atoms. The molecule has 1 aromatic carbocycles. The second kappa shape index (κ2) is 5.01. The molecule has 2 aromatic rings. The molecule has 0 saturated carbocycles. The summed E-state index contributed by atoms with van der Waals surface area (Å²) in [6.07, 6.45) is 0. The van der Waals surface area contributed by atoms with E-state index in [1.165, 1.54) is 0 Å². The Morgan fingerprint density at radius 1 is 1.18 bits per heavy atom. The number of hydrogen-bond donors (Lipinski definition) is 1. The lowest BCUT2D eigenvalue weighted by atomic mass is 10.3. The van der Waals surface area contributed by atoms with Crippen LogP contribution in [-0.4, -0.2) is 17.3 Å². The largest absolute Gasteiger partial charge is 0.497 e. The number of hydrogen-bond acceptors (Lipinski definition) is 5. The van der Waals surface area contributed by atoms with Gasteiger partial charge in [0.05, 0.1) is 11.6 Å². The molecule has 2 rings (SSSR count). The van der Waals surface area contributed by atoms with Gasteiger partial charge in [-0.25, -0.2) is 0 Å². The van der Waals surface area contributed by atoms with Crippen LogP contribution in [0.15, 0.2) is 34.8 Å². The third kappa shape index (κ3) is 2.85. The smallest absolute Gasteiger partial charge is 0.239 e. The molecule has 0 radical (unpaired) electrons. The van der Waals surface area contributed by atoms with E-state index in [1.807, 2.05) is 0 Å². The van der Waals surface area contributed by atoms with Gasteiger partial charge in [-0.1, -0.05) is 0 Å². The fourth-order valence-corrected chi connectivity index (χ4v) is 1.63. The number of nitrogen functional groups attached to an aromatic ring is 1. The van der Waals surface area contributed by atoms with Crippen LogP contribution in [-0.2, 0) is 0 Å². The number of nitrogens with two attached hydrogens (primary N) is 1. The van der Waals surface area contributed by atoms with E-state index < -0.39 is 0 Å². The number of rotatable bonds is 3. The summed E-state index contributed by atoms with van der Waals surface area (Å²) in [5.41, 5.74) is 5.43. The zero-order valence-electron chi connectivity index (χ0n) is 9.05. The first-order valence-electron chi connectivity index (χ1n) is 4.79. The minimum Gasteiger partial charge on any atom is -0.497 e. The van der Waals surface area contributed by atoms with Crippen LogP contribution in [0.4, 0.5) is 5.82 Å². The van der Waals surface area contributed by atoms with Crippen LogP contribution in [0.2, 0.25) is 0 Å². The molecule has 1 heterocycles. The molecule has 88 valence electrons. The van der Waals surface area contributed by atoms with Crippen molar-refractivity contribution in [1.29, 1.82) is 0 Å². The second-order valence-electron chi connectivity index (χ2n) is 3.19. The summed E-state index contributed by atoms with van der Waals surface area (Å²) in [6.45, 7) is 0. The van der Waals surface area contributed by atoms with Gasteiger partial charge < -0.3 is 15.2 Å². The molecule has 2 N–H and O–H groups in total. The molecule has 5 nitrogen and oxygen atoms in total. The first kappa shape index (κ1) is 11.7. The number of halogens is 1. The van der Waals surface area contributed by atoms with Crippen molar-refractivity contribution in [2.75, 3.05) is 12.8 Å². The fraction of sp³-hybridized carbons (Fsp3) is 0.0909. The maximum atomic E-state index is 5.53. The summed E-state index contributed by atoms with van der Waals surface area (Å²) in [7, 11) is 1.60. The summed E-state index contributed by atoms with van der Waals surface area (Å²) in [5, 5.41) is 7.51. The minimum absolute atomic E-state index is 0.353. The van der Waals surface area contributed by atoms with E-state index in [0.717, 1.165) is 10.2 Å². The van der Waals surface area contributed by atoms with Gasteiger partial charge in [-0.2, -0.15) is 0 Å². The average molecular weight is 296 g/mol. The van der Waals surface area contributed by atoms with Gasteiger partial charge in [-0.3, -0.25) is 0 Å². The molecule has 1 aromatic heterocycles. The normalized spacial score (nSPS) is 10.0. The van der Waals surface area contributed by atoms with E-state index in [4.69, 9.17) is 15.2 Å². The van der Waals surface area contributed by atoms with E-state index >= 15 is 0 Å². The molecule has 0 bridgehead atoms. The van der Waals surface area contributed by atoms with Crippen LogP contribution in [0.25, 0.3) is 0 Å². The number of nitrogens with zero attached hydrogens (tertiary/aromatic N) is 2. The Morgan fingerprint density at radius 3 is 2.59 bits per heavy atom. The van der Waals surface area contributed by atoms with Crippen LogP contribution >= 0.6 is 15.9 Å². The predicted octanol–water partition coefficient (Wildman–Crippen LogP) is 2.62. The molecule has 0 fully saturated rings. The standard InChI is InChI=1S/C11H10BrN3O2/c1-16-7-2-3-9(8(12)6-7)17-11-5-4-10(13)14-15-11/h2-6H,1H3,(H2,13,14). The molecule has 0 amide bonds. The van der Waals surface area contributed by atoms with Crippen molar-refractivity contribution in [2.45, 2.75) is 0 Å². The highest BCUT2D eigenvalue weighted by Crippen LogP contribution is 2.31. The molecule has 6 heteroatoms. The van der Waals surface area contributed by atoms with Gasteiger partial charge in [0.2, 0.25) is 5.88 Å². The molecule has 0 aliphatic rings. The summed E-state index contributed by atoms with van der Waals surface area (Å²) in [5.74, 6) is 2.11. The monoisotopic (exact) mass is 295 g/mol. The van der Waals surface area contributed by atoms with Gasteiger partial charge in [0.25, 0.3) is 0 Å². The Kier molecular flexibility index (Phi) is 3.43. The minimum atomic E-state index is 0.353. The first-order valence-corrected chi connectivity index (χ1v) is 5.59. The zero-order chi connectivity index (χ0) is 12.3. The number of aromatic nitrogens is 2. The Hall–Kier alpha value is -1.82. The lowest BCUT2D eigenvalue weighted by Crippen LogP contribution is -1.95. The van der Waals surface area contributed by atoms with Crippen molar-refractivity contribution in [3.63, 3.8) is 0 Å². The van der Waals surface area contributed by atoms with Crippen LogP contribution in [0.5, 0.6) is 17.4 Å². The molecular formula is C11H10BrN3O2. The topological polar surface area (TPSA) is 70.3 Å². The van der Waals surface area contributed by atoms with E-state index in [0.29, 0.717) is 17.4 Å². The lowest BCUT2D eigenvalue weighted by molar-refractivity contribution is 0.411. The summed E-state index contributed by atoms with van der Waals surface area (Å²) in [6, 6.07) is 8.66. The summed E-state index contributed by atoms with van der Waals surface area (Å²) < 4.78 is 11.4. The van der Waals surface area contributed by atoms with Crippen molar-refractivity contribution < 1.29 is 9.47 Å². The number of methoxy groups -OCH3 is 1. The zero-order valence-corrected chi connectivity index (χ0v) is 10.6. The Balaban J connectivity index is 2.21. The number of ether oxygens (including phenoxy) is 2. The summed E-state index contributed by atoms with van der Waals surface area (Å²) >= 11 is 3.38. The van der Waals surface area contributed by atoms with Crippen molar-refractivity contribution in [3.8, 4) is 17.4 Å². The van der Waals surface area contributed by atoms with E-state index in [-0.39, 0.29) is 0 Å². The Morgan fingerprint density at radius 2 is 2.00 bits per heavy atom. The van der Waals surface area contributed by atoms with Gasteiger partial charge in [-0.05, 0) is 40.2 Å². The van der Waals surface area contributed by atoms with E-state index in [1.54, 1.807) is 37.4 Å². The number of benzene rings is 1. The highest BCUT2D eigenvalue weighted by Gasteiger charge is 2.05. The van der Waals surface area contributed by atoms with Crippen LogP contribution < -0.4 is 15.2 Å². The molecule has 0 saturated heterocycles. The molecule has 0 aliphatic carbocycles. The maximum absolute atomic E-state index is 5.53. The van der Waals surface area contributed by atoms with Gasteiger partial charge in [0.15, 0.2) is 0 Å². The van der Waals surface area contributed by atoms with Crippen LogP contribution in [0, 0.1) is 0 Å². The number of anilines is 1. The van der Waals surface area contributed by atoms with Gasteiger partial charge in [0.1, 0.15) is 17.3 Å². The van der Waals surface area contributed by atoms with Crippen LogP contribution in [0.1, 0.15) is 0 Å². The molecular weight excluding hydrogens is 286 g/mol.